The van der Waals surface area contributed by atoms with Crippen molar-refractivity contribution < 1.29 is 13.5 Å². The SMILES string of the molecule is CC(C#N)S(=O)(=O)Nc1ccc(O)c(Cl)c1. The zero-order valence-electron chi connectivity index (χ0n) is 8.31. The zero-order chi connectivity index (χ0) is 12.3. The third-order valence-corrected chi connectivity index (χ3v) is 3.71. The van der Waals surface area contributed by atoms with Gasteiger partial charge in [0.15, 0.2) is 5.25 Å². The van der Waals surface area contributed by atoms with E-state index in [0.29, 0.717) is 0 Å². The van der Waals surface area contributed by atoms with Crippen LogP contribution in [0.15, 0.2) is 18.2 Å². The van der Waals surface area contributed by atoms with Crippen molar-refractivity contribution in [3.8, 4) is 11.8 Å². The number of hydrogen-bond donors (Lipinski definition) is 2. The van der Waals surface area contributed by atoms with Gasteiger partial charge in [0.1, 0.15) is 5.75 Å². The van der Waals surface area contributed by atoms with Gasteiger partial charge >= 0.3 is 0 Å². The normalized spacial score (nSPS) is 12.8. The zero-order valence-corrected chi connectivity index (χ0v) is 9.88. The minimum Gasteiger partial charge on any atom is -0.506 e. The fourth-order valence-corrected chi connectivity index (χ4v) is 1.84. The fraction of sp³-hybridized carbons (Fsp3) is 0.222. The van der Waals surface area contributed by atoms with Crippen molar-refractivity contribution in [1.29, 1.82) is 5.26 Å². The van der Waals surface area contributed by atoms with Crippen LogP contribution in [0.25, 0.3) is 0 Å². The Hall–Kier alpha value is -1.45. The van der Waals surface area contributed by atoms with Crippen molar-refractivity contribution in [2.45, 2.75) is 12.2 Å². The van der Waals surface area contributed by atoms with Gasteiger partial charge in [-0.2, -0.15) is 5.26 Å². The summed E-state index contributed by atoms with van der Waals surface area (Å²) in [5.74, 6) is -0.141. The molecule has 1 rings (SSSR count). The summed E-state index contributed by atoms with van der Waals surface area (Å²) >= 11 is 5.61. The predicted octanol–water partition coefficient (Wildman–Crippen LogP) is 1.70. The number of nitrogens with one attached hydrogen (secondary N) is 1. The molecule has 1 unspecified atom stereocenters. The number of phenolic OH excluding ortho intramolecular Hbond substituents is 1. The minimum atomic E-state index is -3.74. The largest absolute Gasteiger partial charge is 0.506 e. The Bertz CT molecular complexity index is 536. The maximum atomic E-state index is 11.5. The Labute approximate surface area is 98.3 Å². The van der Waals surface area contributed by atoms with E-state index in [4.69, 9.17) is 22.0 Å². The summed E-state index contributed by atoms with van der Waals surface area (Å²) < 4.78 is 25.2. The fourth-order valence-electron chi connectivity index (χ4n) is 0.892. The Morgan fingerprint density at radius 3 is 2.69 bits per heavy atom. The number of hydrogen-bond acceptors (Lipinski definition) is 4. The first-order valence-corrected chi connectivity index (χ1v) is 6.19. The van der Waals surface area contributed by atoms with E-state index in [0.717, 1.165) is 0 Å². The highest BCUT2D eigenvalue weighted by atomic mass is 35.5. The van der Waals surface area contributed by atoms with Gasteiger partial charge in [0.25, 0.3) is 0 Å². The molecule has 1 aromatic rings. The number of halogens is 1. The highest BCUT2D eigenvalue weighted by Crippen LogP contribution is 2.26. The molecule has 0 aromatic heterocycles. The van der Waals surface area contributed by atoms with Crippen LogP contribution in [0, 0.1) is 11.3 Å². The molecule has 0 bridgehead atoms. The molecule has 2 N–H and O–H groups in total. The number of phenols is 1. The van der Waals surface area contributed by atoms with Gasteiger partial charge in [-0.1, -0.05) is 11.6 Å². The summed E-state index contributed by atoms with van der Waals surface area (Å²) in [6, 6.07) is 5.49. The lowest BCUT2D eigenvalue weighted by Gasteiger charge is -2.09. The predicted molar refractivity (Wildman–Crippen MR) is 60.7 cm³/mol. The molecular weight excluding hydrogens is 252 g/mol. The summed E-state index contributed by atoms with van der Waals surface area (Å²) in [4.78, 5) is 0. The van der Waals surface area contributed by atoms with Crippen LogP contribution in [-0.4, -0.2) is 18.8 Å². The van der Waals surface area contributed by atoms with Crippen LogP contribution in [0.4, 0.5) is 5.69 Å². The summed E-state index contributed by atoms with van der Waals surface area (Å²) in [5, 5.41) is 16.5. The summed E-state index contributed by atoms with van der Waals surface area (Å²) in [5.41, 5.74) is 0.199. The number of aromatic hydroxyl groups is 1. The molecule has 0 radical (unpaired) electrons. The van der Waals surface area contributed by atoms with Crippen LogP contribution in [0.2, 0.25) is 5.02 Å². The van der Waals surface area contributed by atoms with Crippen LogP contribution in [-0.2, 0) is 10.0 Å². The van der Waals surface area contributed by atoms with Gasteiger partial charge < -0.3 is 5.11 Å². The molecular formula is C9H9ClN2O3S. The van der Waals surface area contributed by atoms with E-state index in [1.165, 1.54) is 25.1 Å². The first-order valence-electron chi connectivity index (χ1n) is 4.26. The third kappa shape index (κ3) is 2.78. The molecule has 5 nitrogen and oxygen atoms in total. The van der Waals surface area contributed by atoms with Gasteiger partial charge in [0.05, 0.1) is 16.8 Å². The van der Waals surface area contributed by atoms with E-state index in [2.05, 4.69) is 4.72 Å². The Morgan fingerprint density at radius 2 is 2.19 bits per heavy atom. The molecule has 0 aliphatic carbocycles. The molecule has 0 fully saturated rings. The van der Waals surface area contributed by atoms with E-state index in [1.807, 2.05) is 0 Å². The lowest BCUT2D eigenvalue weighted by atomic mass is 10.3. The first kappa shape index (κ1) is 12.6. The maximum Gasteiger partial charge on any atom is 0.248 e. The summed E-state index contributed by atoms with van der Waals surface area (Å²) in [7, 11) is -3.74. The lowest BCUT2D eigenvalue weighted by Crippen LogP contribution is -2.23. The second-order valence-corrected chi connectivity index (χ2v) is 5.49. The smallest absolute Gasteiger partial charge is 0.248 e. The molecule has 16 heavy (non-hydrogen) atoms. The van der Waals surface area contributed by atoms with Crippen molar-refractivity contribution in [1.82, 2.24) is 0 Å². The molecule has 1 atom stereocenters. The molecule has 0 amide bonds. The van der Waals surface area contributed by atoms with E-state index in [9.17, 15) is 8.42 Å². The summed E-state index contributed by atoms with van der Waals surface area (Å²) in [6.45, 7) is 1.27. The van der Waals surface area contributed by atoms with Gasteiger partial charge in [-0.3, -0.25) is 4.72 Å². The van der Waals surface area contributed by atoms with Crippen LogP contribution >= 0.6 is 11.6 Å². The molecule has 0 aliphatic heterocycles. The minimum absolute atomic E-state index is 0.0322. The highest BCUT2D eigenvalue weighted by molar-refractivity contribution is 7.93. The Balaban J connectivity index is 2.98. The van der Waals surface area contributed by atoms with Crippen molar-refractivity contribution >= 4 is 27.3 Å². The number of benzene rings is 1. The van der Waals surface area contributed by atoms with E-state index in [-0.39, 0.29) is 16.5 Å². The van der Waals surface area contributed by atoms with Crippen LogP contribution in [0.1, 0.15) is 6.92 Å². The quantitative estimate of drug-likeness (QED) is 0.810. The van der Waals surface area contributed by atoms with Crippen LogP contribution < -0.4 is 4.72 Å². The molecule has 0 saturated carbocycles. The molecule has 0 spiro atoms. The van der Waals surface area contributed by atoms with Gasteiger partial charge in [0, 0.05) is 0 Å². The van der Waals surface area contributed by atoms with Crippen molar-refractivity contribution in [3.05, 3.63) is 23.2 Å². The molecule has 0 saturated heterocycles. The Kier molecular flexibility index (Phi) is 3.62. The summed E-state index contributed by atoms with van der Waals surface area (Å²) in [6.07, 6.45) is 0. The second kappa shape index (κ2) is 4.60. The van der Waals surface area contributed by atoms with Gasteiger partial charge in [-0.25, -0.2) is 8.42 Å². The van der Waals surface area contributed by atoms with Crippen molar-refractivity contribution in [3.63, 3.8) is 0 Å². The monoisotopic (exact) mass is 260 g/mol. The Morgan fingerprint density at radius 1 is 1.56 bits per heavy atom. The van der Waals surface area contributed by atoms with Crippen molar-refractivity contribution in [2.24, 2.45) is 0 Å². The number of nitrogens with zero attached hydrogens (tertiary/aromatic N) is 1. The lowest BCUT2D eigenvalue weighted by molar-refractivity contribution is 0.475. The van der Waals surface area contributed by atoms with Gasteiger partial charge in [-0.05, 0) is 25.1 Å². The molecule has 7 heteroatoms. The standard InChI is InChI=1S/C9H9ClN2O3S/c1-6(5-11)16(14,15)12-7-2-3-9(13)8(10)4-7/h2-4,6,12-13H,1H3. The molecule has 86 valence electrons. The van der Waals surface area contributed by atoms with E-state index in [1.54, 1.807) is 6.07 Å². The molecule has 1 aromatic carbocycles. The molecule has 0 heterocycles. The van der Waals surface area contributed by atoms with E-state index >= 15 is 0 Å². The first-order chi connectivity index (χ1) is 7.36. The molecule has 0 aliphatic rings. The topological polar surface area (TPSA) is 90.2 Å². The van der Waals surface area contributed by atoms with Gasteiger partial charge in [-0.15, -0.1) is 0 Å². The number of rotatable bonds is 3. The van der Waals surface area contributed by atoms with Crippen LogP contribution in [0.3, 0.4) is 0 Å². The third-order valence-electron chi connectivity index (χ3n) is 1.86. The van der Waals surface area contributed by atoms with Crippen LogP contribution in [0.5, 0.6) is 5.75 Å². The second-order valence-electron chi connectivity index (χ2n) is 3.08. The number of nitriles is 1. The highest BCUT2D eigenvalue weighted by Gasteiger charge is 2.20. The number of anilines is 1. The average molecular weight is 261 g/mol. The van der Waals surface area contributed by atoms with Gasteiger partial charge in [0.2, 0.25) is 10.0 Å². The van der Waals surface area contributed by atoms with E-state index < -0.39 is 15.3 Å². The number of sulfonamides is 1. The average Bonchev–Trinajstić information content (AvgIpc) is 2.22. The van der Waals surface area contributed by atoms with Crippen molar-refractivity contribution in [2.75, 3.05) is 4.72 Å². The maximum absolute atomic E-state index is 11.5.